The molecule has 0 saturated heterocycles. The maximum Gasteiger partial charge on any atom is 0.393 e. The highest BCUT2D eigenvalue weighted by Crippen LogP contribution is 2.66. The Morgan fingerprint density at radius 3 is 0.892 bits per heavy atom. The standard InChI is InChI=1S/C12H3ClF20N2O2/c13-12(32,33)11(30,31)10(28,29)9(26,27)8(24,25)7(22,23)6(20,21)5(18,19)4(16,17)3(14,15)1(36)35-2(34)37/h(H3,34,35,36,37). The summed E-state index contributed by atoms with van der Waals surface area (Å²) in [6.07, 6.45) is 0. The van der Waals surface area contributed by atoms with Crippen molar-refractivity contribution in [3.05, 3.63) is 0 Å². The van der Waals surface area contributed by atoms with E-state index in [1.807, 2.05) is 0 Å². The molecule has 3 amide bonds. The predicted octanol–water partition coefficient (Wildman–Crippen LogP) is 5.73. The summed E-state index contributed by atoms with van der Waals surface area (Å²) >= 11 is 3.27. The molecular weight excluding hydrogens is 620 g/mol. The van der Waals surface area contributed by atoms with Crippen LogP contribution in [-0.4, -0.2) is 70.6 Å². The van der Waals surface area contributed by atoms with Crippen LogP contribution in [0.2, 0.25) is 0 Å². The third-order valence-electron chi connectivity index (χ3n) is 4.03. The maximum absolute atomic E-state index is 13.5. The molecule has 0 aromatic rings. The number of hydrogen-bond donors (Lipinski definition) is 2. The molecule has 0 radical (unpaired) electrons. The van der Waals surface area contributed by atoms with Gasteiger partial charge in [-0.25, -0.2) is 4.79 Å². The molecule has 0 spiro atoms. The van der Waals surface area contributed by atoms with Crippen molar-refractivity contribution in [3.8, 4) is 0 Å². The zero-order valence-corrected chi connectivity index (χ0v) is 16.6. The van der Waals surface area contributed by atoms with Gasteiger partial charge in [0.25, 0.3) is 0 Å². The van der Waals surface area contributed by atoms with Crippen molar-refractivity contribution in [2.75, 3.05) is 0 Å². The summed E-state index contributed by atoms with van der Waals surface area (Å²) in [5.41, 5.74) is 3.93. The van der Waals surface area contributed by atoms with Crippen LogP contribution in [-0.2, 0) is 4.79 Å². The highest BCUT2D eigenvalue weighted by Gasteiger charge is 2.98. The van der Waals surface area contributed by atoms with Gasteiger partial charge in [-0.2, -0.15) is 87.8 Å². The van der Waals surface area contributed by atoms with Crippen LogP contribution < -0.4 is 11.1 Å². The number of rotatable bonds is 10. The molecule has 0 bridgehead atoms. The minimum absolute atomic E-state index is 0.173. The molecule has 220 valence electrons. The summed E-state index contributed by atoms with van der Waals surface area (Å²) in [6.45, 7) is 0. The van der Waals surface area contributed by atoms with Crippen molar-refractivity contribution >= 4 is 23.5 Å². The molecule has 3 N–H and O–H groups in total. The molecule has 0 aromatic carbocycles. The van der Waals surface area contributed by atoms with Crippen LogP contribution in [0.5, 0.6) is 0 Å². The average Bonchev–Trinajstić information content (AvgIpc) is 2.65. The topological polar surface area (TPSA) is 72.2 Å². The normalized spacial score (nSPS) is 16.0. The third kappa shape index (κ3) is 4.34. The first-order chi connectivity index (χ1) is 15.6. The Balaban J connectivity index is 7.11. The molecule has 4 nitrogen and oxygen atoms in total. The van der Waals surface area contributed by atoms with Crippen LogP contribution in [0, 0.1) is 0 Å². The second-order valence-corrected chi connectivity index (χ2v) is 6.96. The summed E-state index contributed by atoms with van der Waals surface area (Å²) in [5.74, 6) is -82.5. The van der Waals surface area contributed by atoms with Crippen LogP contribution in [0.1, 0.15) is 0 Å². The molecule has 0 aliphatic carbocycles. The number of primary amides is 1. The van der Waals surface area contributed by atoms with Crippen molar-refractivity contribution < 1.29 is 97.4 Å². The first-order valence-electron chi connectivity index (χ1n) is 7.67. The minimum Gasteiger partial charge on any atom is -0.351 e. The quantitative estimate of drug-likeness (QED) is 0.241. The van der Waals surface area contributed by atoms with E-state index in [0.29, 0.717) is 0 Å². The number of alkyl halides is 21. The summed E-state index contributed by atoms with van der Waals surface area (Å²) in [4.78, 5) is 20.9. The third-order valence-corrected chi connectivity index (χ3v) is 4.27. The lowest BCUT2D eigenvalue weighted by molar-refractivity contribution is -0.464. The summed E-state index contributed by atoms with van der Waals surface area (Å²) in [5, 5.41) is -7.27. The highest BCUT2D eigenvalue weighted by atomic mass is 35.5. The van der Waals surface area contributed by atoms with Crippen molar-refractivity contribution in [2.24, 2.45) is 5.73 Å². The smallest absolute Gasteiger partial charge is 0.351 e. The van der Waals surface area contributed by atoms with E-state index in [9.17, 15) is 97.4 Å². The van der Waals surface area contributed by atoms with Crippen LogP contribution >= 0.6 is 11.6 Å². The van der Waals surface area contributed by atoms with Gasteiger partial charge in [0.15, 0.2) is 0 Å². The van der Waals surface area contributed by atoms with Gasteiger partial charge in [0.05, 0.1) is 0 Å². The second-order valence-electron chi connectivity index (χ2n) is 6.49. The van der Waals surface area contributed by atoms with E-state index in [1.165, 1.54) is 0 Å². The number of halogens is 21. The van der Waals surface area contributed by atoms with Crippen molar-refractivity contribution in [1.82, 2.24) is 5.32 Å². The number of nitrogens with two attached hydrogens (primary N) is 1. The molecule has 0 aromatic heterocycles. The second kappa shape index (κ2) is 8.68. The molecule has 0 atom stereocenters. The summed E-state index contributed by atoms with van der Waals surface area (Å²) in [6, 6.07) is -2.65. The lowest BCUT2D eigenvalue weighted by Gasteiger charge is -2.44. The first-order valence-corrected chi connectivity index (χ1v) is 8.04. The number of carbonyl (C=O) groups is 2. The van der Waals surface area contributed by atoms with Gasteiger partial charge in [-0.1, -0.05) is 0 Å². The van der Waals surface area contributed by atoms with Gasteiger partial charge in [0.2, 0.25) is 0 Å². The first kappa shape index (κ1) is 34.8. The van der Waals surface area contributed by atoms with Gasteiger partial charge in [0.1, 0.15) is 0 Å². The van der Waals surface area contributed by atoms with Gasteiger partial charge in [0, 0.05) is 0 Å². The fourth-order valence-corrected chi connectivity index (χ4v) is 2.01. The fraction of sp³-hybridized carbons (Fsp3) is 0.833. The maximum atomic E-state index is 13.5. The molecule has 0 heterocycles. The SMILES string of the molecule is NC(=O)NC(=O)C(F)(F)C(F)(F)C(F)(F)C(F)(F)C(F)(F)C(F)(F)C(F)(F)C(F)(F)C(F)(F)C(F)(F)Cl. The molecular formula is C12H3ClF20N2O2. The molecule has 0 rings (SSSR count). The van der Waals surface area contributed by atoms with Gasteiger partial charge < -0.3 is 5.73 Å². The zero-order chi connectivity index (χ0) is 30.9. The number of hydrogen-bond acceptors (Lipinski definition) is 2. The minimum atomic E-state index is -9.24. The Kier molecular flexibility index (Phi) is 8.17. The lowest BCUT2D eigenvalue weighted by atomic mass is 9.86. The van der Waals surface area contributed by atoms with Gasteiger partial charge >= 0.3 is 70.6 Å². The van der Waals surface area contributed by atoms with Crippen LogP contribution in [0.15, 0.2) is 0 Å². The lowest BCUT2D eigenvalue weighted by Crippen LogP contribution is -2.77. The number of urea groups is 1. The predicted molar refractivity (Wildman–Crippen MR) is 73.0 cm³/mol. The van der Waals surface area contributed by atoms with Crippen LogP contribution in [0.25, 0.3) is 0 Å². The summed E-state index contributed by atoms with van der Waals surface area (Å²) in [7, 11) is 0. The van der Waals surface area contributed by atoms with E-state index in [2.05, 4.69) is 17.3 Å². The molecule has 0 saturated carbocycles. The molecule has 0 aliphatic heterocycles. The van der Waals surface area contributed by atoms with Gasteiger partial charge in [-0.3, -0.25) is 10.1 Å². The van der Waals surface area contributed by atoms with E-state index >= 15 is 0 Å². The number of carbonyl (C=O) groups excluding carboxylic acids is 2. The molecule has 25 heteroatoms. The monoisotopic (exact) mass is 622 g/mol. The Hall–Kier alpha value is -2.17. The number of imide groups is 1. The largest absolute Gasteiger partial charge is 0.393 e. The van der Waals surface area contributed by atoms with Crippen molar-refractivity contribution in [1.29, 1.82) is 0 Å². The van der Waals surface area contributed by atoms with E-state index in [0.717, 1.165) is 0 Å². The van der Waals surface area contributed by atoms with Gasteiger partial charge in [-0.15, -0.1) is 0 Å². The highest BCUT2D eigenvalue weighted by molar-refractivity contribution is 6.22. The summed E-state index contributed by atoms with van der Waals surface area (Å²) < 4.78 is 265. The van der Waals surface area contributed by atoms with E-state index in [-0.39, 0.29) is 5.32 Å². The fourth-order valence-electron chi connectivity index (χ4n) is 1.89. The Bertz CT molecular complexity index is 909. The van der Waals surface area contributed by atoms with Crippen LogP contribution in [0.4, 0.5) is 92.6 Å². The van der Waals surface area contributed by atoms with E-state index in [4.69, 9.17) is 0 Å². The number of nitrogens with one attached hydrogen (secondary N) is 1. The van der Waals surface area contributed by atoms with Crippen LogP contribution in [0.3, 0.4) is 0 Å². The zero-order valence-electron chi connectivity index (χ0n) is 15.8. The van der Waals surface area contributed by atoms with Gasteiger partial charge in [-0.05, 0) is 11.6 Å². The molecule has 0 aliphatic rings. The molecule has 37 heavy (non-hydrogen) atoms. The molecule has 0 fully saturated rings. The molecule has 0 unspecified atom stereocenters. The number of amides is 3. The van der Waals surface area contributed by atoms with Crippen molar-refractivity contribution in [2.45, 2.75) is 58.7 Å². The Morgan fingerprint density at radius 2 is 0.676 bits per heavy atom. The average molecular weight is 623 g/mol. The Labute approximate surface area is 192 Å². The van der Waals surface area contributed by atoms with E-state index < -0.39 is 70.6 Å². The Morgan fingerprint density at radius 1 is 0.459 bits per heavy atom. The van der Waals surface area contributed by atoms with Crippen molar-refractivity contribution in [3.63, 3.8) is 0 Å². The van der Waals surface area contributed by atoms with E-state index in [1.54, 1.807) is 0 Å².